The first-order valence-corrected chi connectivity index (χ1v) is 19.0. The minimum absolute atomic E-state index is 0.641. The van der Waals surface area contributed by atoms with Gasteiger partial charge in [-0.1, -0.05) is 170 Å². The molecule has 3 aromatic heterocycles. The van der Waals surface area contributed by atoms with Crippen molar-refractivity contribution in [3.63, 3.8) is 0 Å². The van der Waals surface area contributed by atoms with Gasteiger partial charge in [-0.2, -0.15) is 0 Å². The zero-order chi connectivity index (χ0) is 38.1. The van der Waals surface area contributed by atoms with Gasteiger partial charge in [0.25, 0.3) is 0 Å². The van der Waals surface area contributed by atoms with E-state index < -0.39 is 0 Å². The summed E-state index contributed by atoms with van der Waals surface area (Å²) in [5.41, 5.74) is 12.5. The largest absolute Gasteiger partial charge is 0.455 e. The number of pyridine rings is 1. The average Bonchev–Trinajstić information content (AvgIpc) is 3.67. The van der Waals surface area contributed by atoms with Gasteiger partial charge in [-0.25, -0.2) is 15.0 Å². The lowest BCUT2D eigenvalue weighted by molar-refractivity contribution is 0.673. The summed E-state index contributed by atoms with van der Waals surface area (Å²) < 4.78 is 6.54. The van der Waals surface area contributed by atoms with E-state index in [0.717, 1.165) is 99.6 Å². The molecule has 0 aliphatic carbocycles. The van der Waals surface area contributed by atoms with Gasteiger partial charge >= 0.3 is 0 Å². The number of benzene rings is 7. The SMILES string of the molecule is C=C(/C=C\C=C\c1cc(-c2cccc(-c3ccccc3)c2)nc(-c2ccc(-c3nc4ccccc4c4c3ccc3c5ccccc5oc34)cc2)n1)c1ccccc1. The van der Waals surface area contributed by atoms with Crippen molar-refractivity contribution in [3.8, 4) is 45.0 Å². The number of nitrogens with zero attached hydrogens (tertiary/aromatic N) is 3. The summed E-state index contributed by atoms with van der Waals surface area (Å²) in [4.78, 5) is 15.4. The predicted octanol–water partition coefficient (Wildman–Crippen LogP) is 14.0. The molecule has 57 heavy (non-hydrogen) atoms. The Morgan fingerprint density at radius 2 is 1.18 bits per heavy atom. The maximum atomic E-state index is 6.54. The summed E-state index contributed by atoms with van der Waals surface area (Å²) >= 11 is 0. The molecule has 268 valence electrons. The third kappa shape index (κ3) is 6.49. The molecular weight excluding hydrogens is 695 g/mol. The van der Waals surface area contributed by atoms with Gasteiger partial charge in [-0.05, 0) is 58.7 Å². The Kier molecular flexibility index (Phi) is 8.62. The molecule has 4 heteroatoms. The van der Waals surface area contributed by atoms with Crippen molar-refractivity contribution in [1.82, 2.24) is 15.0 Å². The molecule has 3 heterocycles. The predicted molar refractivity (Wildman–Crippen MR) is 238 cm³/mol. The zero-order valence-electron chi connectivity index (χ0n) is 31.0. The minimum Gasteiger partial charge on any atom is -0.455 e. The molecule has 0 fully saturated rings. The molecule has 0 atom stereocenters. The topological polar surface area (TPSA) is 51.8 Å². The zero-order valence-corrected chi connectivity index (χ0v) is 31.0. The van der Waals surface area contributed by atoms with Gasteiger partial charge in [-0.3, -0.25) is 0 Å². The van der Waals surface area contributed by atoms with Crippen LogP contribution in [0.2, 0.25) is 0 Å². The van der Waals surface area contributed by atoms with E-state index in [4.69, 9.17) is 19.4 Å². The number of hydrogen-bond acceptors (Lipinski definition) is 4. The van der Waals surface area contributed by atoms with Crippen LogP contribution < -0.4 is 0 Å². The summed E-state index contributed by atoms with van der Waals surface area (Å²) in [6, 6.07) is 60.4. The number of allylic oxidation sites excluding steroid dienone is 4. The van der Waals surface area contributed by atoms with Crippen molar-refractivity contribution in [2.24, 2.45) is 0 Å². The van der Waals surface area contributed by atoms with Crippen LogP contribution in [0.3, 0.4) is 0 Å². The van der Waals surface area contributed by atoms with Crippen molar-refractivity contribution in [2.45, 2.75) is 0 Å². The molecule has 0 aliphatic rings. The smallest absolute Gasteiger partial charge is 0.160 e. The fraction of sp³-hybridized carbons (Fsp3) is 0. The number of furan rings is 1. The Hall–Kier alpha value is -7.69. The van der Waals surface area contributed by atoms with Crippen LogP contribution in [0.4, 0.5) is 0 Å². The molecular formula is C53H35N3O. The maximum Gasteiger partial charge on any atom is 0.160 e. The van der Waals surface area contributed by atoms with Gasteiger partial charge in [0.2, 0.25) is 0 Å². The second kappa shape index (κ2) is 14.5. The Balaban J connectivity index is 1.06. The van der Waals surface area contributed by atoms with Gasteiger partial charge < -0.3 is 4.42 Å². The van der Waals surface area contributed by atoms with Gasteiger partial charge in [0.05, 0.1) is 22.6 Å². The monoisotopic (exact) mass is 729 g/mol. The molecule has 0 aliphatic heterocycles. The highest BCUT2D eigenvalue weighted by molar-refractivity contribution is 6.24. The normalized spacial score (nSPS) is 11.8. The third-order valence-electron chi connectivity index (χ3n) is 10.5. The summed E-state index contributed by atoms with van der Waals surface area (Å²) in [6.45, 7) is 4.24. The molecule has 0 amide bonds. The van der Waals surface area contributed by atoms with Crippen molar-refractivity contribution in [2.75, 3.05) is 0 Å². The van der Waals surface area contributed by atoms with Crippen molar-refractivity contribution in [1.29, 1.82) is 0 Å². The van der Waals surface area contributed by atoms with Crippen LogP contribution in [0, 0.1) is 0 Å². The van der Waals surface area contributed by atoms with E-state index in [0.29, 0.717) is 5.82 Å². The third-order valence-corrected chi connectivity index (χ3v) is 10.5. The Labute approximate surface area is 330 Å². The highest BCUT2D eigenvalue weighted by atomic mass is 16.3. The van der Waals surface area contributed by atoms with Crippen LogP contribution in [-0.4, -0.2) is 15.0 Å². The Bertz CT molecular complexity index is 3180. The highest BCUT2D eigenvalue weighted by Crippen LogP contribution is 2.41. The average molecular weight is 730 g/mol. The molecule has 4 nitrogen and oxygen atoms in total. The molecule has 7 aromatic carbocycles. The van der Waals surface area contributed by atoms with E-state index in [1.54, 1.807) is 0 Å². The molecule has 10 aromatic rings. The fourth-order valence-electron chi connectivity index (χ4n) is 7.61. The van der Waals surface area contributed by atoms with Crippen LogP contribution in [0.5, 0.6) is 0 Å². The molecule has 10 rings (SSSR count). The second-order valence-corrected chi connectivity index (χ2v) is 14.1. The Morgan fingerprint density at radius 1 is 0.491 bits per heavy atom. The van der Waals surface area contributed by atoms with Crippen LogP contribution in [0.25, 0.3) is 100 Å². The van der Waals surface area contributed by atoms with E-state index in [1.807, 2.05) is 72.8 Å². The van der Waals surface area contributed by atoms with E-state index in [2.05, 4.69) is 134 Å². The number of rotatable bonds is 8. The van der Waals surface area contributed by atoms with Gasteiger partial charge in [0, 0.05) is 43.6 Å². The number of para-hydroxylation sites is 2. The van der Waals surface area contributed by atoms with Crippen LogP contribution in [0.15, 0.2) is 205 Å². The first-order chi connectivity index (χ1) is 28.2. The summed E-state index contributed by atoms with van der Waals surface area (Å²) in [7, 11) is 0. The highest BCUT2D eigenvalue weighted by Gasteiger charge is 2.18. The fourth-order valence-corrected chi connectivity index (χ4v) is 7.61. The minimum atomic E-state index is 0.641. The van der Waals surface area contributed by atoms with Crippen LogP contribution in [-0.2, 0) is 0 Å². The van der Waals surface area contributed by atoms with Crippen molar-refractivity contribution < 1.29 is 4.42 Å². The molecule has 0 bridgehead atoms. The molecule has 0 saturated heterocycles. The van der Waals surface area contributed by atoms with E-state index in [1.165, 1.54) is 0 Å². The van der Waals surface area contributed by atoms with E-state index in [-0.39, 0.29) is 0 Å². The van der Waals surface area contributed by atoms with Crippen LogP contribution >= 0.6 is 0 Å². The van der Waals surface area contributed by atoms with Gasteiger partial charge in [0.1, 0.15) is 11.2 Å². The molecule has 0 radical (unpaired) electrons. The number of hydrogen-bond donors (Lipinski definition) is 0. The standard InChI is InChI=1S/C53H35N3O/c1-35(36-16-4-2-5-17-36)15-8-9-22-42-34-48(41-21-14-20-40(33-41)37-18-6-3-7-19-37)56-53(54-42)39-29-27-38(28-30-39)51-46-32-31-44-43-23-11-13-26-49(43)57-52(44)50(46)45-24-10-12-25-47(45)55-51/h2-34H,1H2/b15-8-,22-9+. The second-order valence-electron chi connectivity index (χ2n) is 14.1. The quantitative estimate of drug-likeness (QED) is 0.115. The van der Waals surface area contributed by atoms with Crippen LogP contribution in [0.1, 0.15) is 11.3 Å². The van der Waals surface area contributed by atoms with Crippen molar-refractivity contribution in [3.05, 3.63) is 212 Å². The van der Waals surface area contributed by atoms with Gasteiger partial charge in [-0.15, -0.1) is 0 Å². The number of fused-ring (bicyclic) bond motifs is 7. The first-order valence-electron chi connectivity index (χ1n) is 19.0. The van der Waals surface area contributed by atoms with Gasteiger partial charge in [0.15, 0.2) is 5.82 Å². The lowest BCUT2D eigenvalue weighted by atomic mass is 9.97. The van der Waals surface area contributed by atoms with E-state index >= 15 is 0 Å². The van der Waals surface area contributed by atoms with Crippen molar-refractivity contribution >= 4 is 55.3 Å². The lowest BCUT2D eigenvalue weighted by Crippen LogP contribution is -1.96. The summed E-state index contributed by atoms with van der Waals surface area (Å²) in [5, 5.41) is 5.39. The first kappa shape index (κ1) is 33.8. The molecule has 0 saturated carbocycles. The molecule has 0 N–H and O–H groups in total. The van der Waals surface area contributed by atoms with E-state index in [9.17, 15) is 0 Å². The molecule has 0 spiro atoms. The lowest BCUT2D eigenvalue weighted by Gasteiger charge is -2.12. The molecule has 0 unspecified atom stereocenters. The number of aromatic nitrogens is 3. The summed E-state index contributed by atoms with van der Waals surface area (Å²) in [6.07, 6.45) is 8.04. The summed E-state index contributed by atoms with van der Waals surface area (Å²) in [5.74, 6) is 0.641. The maximum absolute atomic E-state index is 6.54. The Morgan fingerprint density at radius 3 is 2.02 bits per heavy atom.